The normalized spacial score (nSPS) is 12.4. The molecule has 2 heterocycles. The van der Waals surface area contributed by atoms with E-state index in [0.29, 0.717) is 47.9 Å². The molecule has 2 aromatic carbocycles. The third kappa shape index (κ3) is 3.45. The number of hydrogen-bond donors (Lipinski definition) is 0. The molecular weight excluding hydrogens is 472 g/mol. The van der Waals surface area contributed by atoms with Gasteiger partial charge >= 0.3 is 0 Å². The highest BCUT2D eigenvalue weighted by Crippen LogP contribution is 2.30. The van der Waals surface area contributed by atoms with E-state index in [2.05, 4.69) is 9.97 Å². The summed E-state index contributed by atoms with van der Waals surface area (Å²) in [7, 11) is 1.62. The first-order valence-electron chi connectivity index (χ1n) is 10.1. The van der Waals surface area contributed by atoms with Crippen LogP contribution in [0.2, 0.25) is 0 Å². The SMILES string of the molecule is COCCn1c2c([n+](Cc3cnccn3)c1C)C(=O)c1cc3ccccc3cc1C2=O.[Br-]. The Bertz CT molecular complexity index is 1350. The molecule has 1 aliphatic rings. The van der Waals surface area contributed by atoms with Crippen molar-refractivity contribution in [2.75, 3.05) is 13.7 Å². The van der Waals surface area contributed by atoms with Crippen molar-refractivity contribution in [3.8, 4) is 0 Å². The standard InChI is InChI=1S/C24H21N4O3.BrH/c1-15-27(9-10-31-2)21-22(28(15)14-18-13-25-7-8-26-18)24(30)20-12-17-6-4-3-5-16(17)11-19(20)23(21)29;/h3-8,11-13H,9-10,14H2,1-2H3;1H/q+1;/p-1. The first-order valence-corrected chi connectivity index (χ1v) is 10.1. The van der Waals surface area contributed by atoms with E-state index in [9.17, 15) is 9.59 Å². The monoisotopic (exact) mass is 492 g/mol. The molecule has 0 atom stereocenters. The summed E-state index contributed by atoms with van der Waals surface area (Å²) in [5.74, 6) is 0.498. The highest BCUT2D eigenvalue weighted by molar-refractivity contribution is 6.27. The van der Waals surface area contributed by atoms with Gasteiger partial charge in [-0.15, -0.1) is 0 Å². The highest BCUT2D eigenvalue weighted by Gasteiger charge is 2.43. The van der Waals surface area contributed by atoms with Crippen molar-refractivity contribution in [3.05, 3.63) is 89.0 Å². The lowest BCUT2D eigenvalue weighted by atomic mass is 9.87. The number of halogens is 1. The molecule has 1 aliphatic carbocycles. The summed E-state index contributed by atoms with van der Waals surface area (Å²) in [4.78, 5) is 35.8. The fraction of sp³-hybridized carbons (Fsp3) is 0.208. The molecule has 0 unspecified atom stereocenters. The van der Waals surface area contributed by atoms with Crippen molar-refractivity contribution in [3.63, 3.8) is 0 Å². The van der Waals surface area contributed by atoms with Crippen LogP contribution in [0.5, 0.6) is 0 Å². The quantitative estimate of drug-likeness (QED) is 0.309. The minimum absolute atomic E-state index is 0. The maximum atomic E-state index is 13.7. The molecular formula is C24H21BrN4O3. The molecule has 0 saturated heterocycles. The van der Waals surface area contributed by atoms with E-state index in [-0.39, 0.29) is 28.5 Å². The Balaban J connectivity index is 0.00000245. The van der Waals surface area contributed by atoms with Crippen LogP contribution in [0.3, 0.4) is 0 Å². The van der Waals surface area contributed by atoms with E-state index in [0.717, 1.165) is 16.6 Å². The van der Waals surface area contributed by atoms with Crippen molar-refractivity contribution >= 4 is 22.3 Å². The summed E-state index contributed by atoms with van der Waals surface area (Å²) in [6, 6.07) is 11.4. The summed E-state index contributed by atoms with van der Waals surface area (Å²) in [6.45, 7) is 3.16. The second kappa shape index (κ2) is 8.72. The summed E-state index contributed by atoms with van der Waals surface area (Å²) >= 11 is 0. The number of rotatable bonds is 5. The number of benzene rings is 2. The Morgan fingerprint density at radius 2 is 1.72 bits per heavy atom. The number of ether oxygens (including phenoxy) is 1. The van der Waals surface area contributed by atoms with Crippen molar-refractivity contribution in [2.24, 2.45) is 0 Å². The number of ketones is 2. The van der Waals surface area contributed by atoms with Gasteiger partial charge in [0.15, 0.2) is 0 Å². The minimum atomic E-state index is -0.154. The van der Waals surface area contributed by atoms with E-state index >= 15 is 0 Å². The number of imidazole rings is 1. The van der Waals surface area contributed by atoms with Crippen LogP contribution in [0.15, 0.2) is 55.0 Å². The molecule has 0 radical (unpaired) electrons. The molecule has 4 aromatic rings. The van der Waals surface area contributed by atoms with Gasteiger partial charge in [-0.1, -0.05) is 24.3 Å². The van der Waals surface area contributed by atoms with Crippen LogP contribution in [-0.4, -0.2) is 39.8 Å². The molecule has 32 heavy (non-hydrogen) atoms. The molecule has 0 N–H and O–H groups in total. The Morgan fingerprint density at radius 3 is 2.34 bits per heavy atom. The Morgan fingerprint density at radius 1 is 1.03 bits per heavy atom. The molecule has 162 valence electrons. The lowest BCUT2D eigenvalue weighted by molar-refractivity contribution is -0.696. The molecule has 7 nitrogen and oxygen atoms in total. The van der Waals surface area contributed by atoms with Crippen LogP contribution in [0.25, 0.3) is 10.8 Å². The molecule has 0 saturated carbocycles. The smallest absolute Gasteiger partial charge is 0.254 e. The number of nitrogens with zero attached hydrogens (tertiary/aromatic N) is 4. The van der Waals surface area contributed by atoms with Gasteiger partial charge in [0.25, 0.3) is 5.82 Å². The van der Waals surface area contributed by atoms with E-state index in [4.69, 9.17) is 4.74 Å². The van der Waals surface area contributed by atoms with Gasteiger partial charge in [-0.25, -0.2) is 9.13 Å². The third-order valence-corrected chi connectivity index (χ3v) is 5.81. The maximum Gasteiger partial charge on any atom is 0.254 e. The van der Waals surface area contributed by atoms with Gasteiger partial charge in [0.2, 0.25) is 23.0 Å². The fourth-order valence-corrected chi connectivity index (χ4v) is 4.28. The number of carbonyl (C=O) groups excluding carboxylic acids is 2. The number of fused-ring (bicyclic) bond motifs is 3. The minimum Gasteiger partial charge on any atom is -1.00 e. The van der Waals surface area contributed by atoms with E-state index in [1.807, 2.05) is 52.5 Å². The molecule has 0 bridgehead atoms. The zero-order chi connectivity index (χ0) is 21.5. The van der Waals surface area contributed by atoms with Crippen LogP contribution in [0.1, 0.15) is 43.6 Å². The van der Waals surface area contributed by atoms with Crippen molar-refractivity contribution in [2.45, 2.75) is 20.0 Å². The molecule has 0 aliphatic heterocycles. The van der Waals surface area contributed by atoms with Crippen molar-refractivity contribution in [1.82, 2.24) is 14.5 Å². The Kier molecular flexibility index (Phi) is 5.99. The van der Waals surface area contributed by atoms with Crippen LogP contribution in [-0.2, 0) is 17.8 Å². The van der Waals surface area contributed by atoms with Gasteiger partial charge in [-0.2, -0.15) is 0 Å². The van der Waals surface area contributed by atoms with Crippen molar-refractivity contribution < 1.29 is 35.9 Å². The van der Waals surface area contributed by atoms with E-state index in [1.54, 1.807) is 25.7 Å². The molecule has 5 rings (SSSR count). The Labute approximate surface area is 195 Å². The molecule has 8 heteroatoms. The van der Waals surface area contributed by atoms with Gasteiger partial charge in [-0.05, 0) is 22.9 Å². The molecule has 2 aromatic heterocycles. The second-order valence-corrected chi connectivity index (χ2v) is 7.57. The van der Waals surface area contributed by atoms with E-state index < -0.39 is 0 Å². The summed E-state index contributed by atoms with van der Waals surface area (Å²) in [5.41, 5.74) is 2.40. The topological polar surface area (TPSA) is 78.0 Å². The van der Waals surface area contributed by atoms with Crippen LogP contribution >= 0.6 is 0 Å². The largest absolute Gasteiger partial charge is 1.00 e. The predicted molar refractivity (Wildman–Crippen MR) is 113 cm³/mol. The fourth-order valence-electron chi connectivity index (χ4n) is 4.28. The molecule has 0 fully saturated rings. The van der Waals surface area contributed by atoms with Crippen molar-refractivity contribution in [1.29, 1.82) is 0 Å². The number of aromatic nitrogens is 4. The summed E-state index contributed by atoms with van der Waals surface area (Å²) in [5, 5.41) is 1.87. The molecule has 0 amide bonds. The first-order chi connectivity index (χ1) is 15.1. The second-order valence-electron chi connectivity index (χ2n) is 7.57. The average molecular weight is 493 g/mol. The first kappa shape index (κ1) is 22.0. The lowest BCUT2D eigenvalue weighted by Crippen LogP contribution is -3.00. The zero-order valence-corrected chi connectivity index (χ0v) is 19.3. The summed E-state index contributed by atoms with van der Waals surface area (Å²) < 4.78 is 9.01. The predicted octanol–water partition coefficient (Wildman–Crippen LogP) is -0.499. The number of carbonyl (C=O) groups is 2. The van der Waals surface area contributed by atoms with Gasteiger partial charge < -0.3 is 21.7 Å². The Hall–Kier alpha value is -3.23. The number of methoxy groups -OCH3 is 1. The molecule has 0 spiro atoms. The van der Waals surface area contributed by atoms with Crippen LogP contribution < -0.4 is 21.5 Å². The summed E-state index contributed by atoms with van der Waals surface area (Å²) in [6.07, 6.45) is 4.90. The van der Waals surface area contributed by atoms with E-state index in [1.165, 1.54) is 0 Å². The van der Waals surface area contributed by atoms with Gasteiger partial charge in [0, 0.05) is 37.6 Å². The zero-order valence-electron chi connectivity index (χ0n) is 17.7. The highest BCUT2D eigenvalue weighted by atomic mass is 79.9. The van der Waals surface area contributed by atoms with Gasteiger partial charge in [-0.3, -0.25) is 19.6 Å². The van der Waals surface area contributed by atoms with Crippen LogP contribution in [0, 0.1) is 6.92 Å². The number of hydrogen-bond acceptors (Lipinski definition) is 5. The van der Waals surface area contributed by atoms with Crippen LogP contribution in [0.4, 0.5) is 0 Å². The third-order valence-electron chi connectivity index (χ3n) is 5.81. The lowest BCUT2D eigenvalue weighted by Gasteiger charge is -2.14. The van der Waals surface area contributed by atoms with Gasteiger partial charge in [0.1, 0.15) is 18.8 Å². The van der Waals surface area contributed by atoms with Gasteiger partial charge in [0.05, 0.1) is 12.8 Å². The maximum absolute atomic E-state index is 13.7. The average Bonchev–Trinajstić information content (AvgIpc) is 3.07.